The van der Waals surface area contributed by atoms with Crippen LogP contribution in [-0.2, 0) is 28.2 Å². The molecule has 1 nitrogen and oxygen atoms in total. The Kier molecular flexibility index (Phi) is 33.5. The number of rotatable bonds is 0. The molecule has 0 aliphatic rings. The summed E-state index contributed by atoms with van der Waals surface area (Å²) in [6, 6.07) is 0. The standard InChI is InChI=1S/2Cu.2HI.O/h;;2*1H;/q;+2;;;/p-2. The molecule has 0 aromatic rings. The Morgan fingerprint density at radius 2 is 1.40 bits per heavy atom. The fraction of sp³-hybridized carbons (Fsp3) is 0. The Labute approximate surface area is 67.7 Å². The van der Waals surface area contributed by atoms with Gasteiger partial charge in [-0.25, -0.2) is 0 Å². The summed E-state index contributed by atoms with van der Waals surface area (Å²) in [4.78, 5) is 0. The number of hydrogen-bond donors (Lipinski definition) is 0. The van der Waals surface area contributed by atoms with Gasteiger partial charge in [0.2, 0.25) is 0 Å². The van der Waals surface area contributed by atoms with Crippen LogP contribution in [0, 0.1) is 0 Å². The van der Waals surface area contributed by atoms with Gasteiger partial charge in [0.25, 0.3) is 0 Å². The van der Waals surface area contributed by atoms with Crippen molar-refractivity contribution in [2.24, 2.45) is 0 Å². The zero-order valence-corrected chi connectivity index (χ0v) is 7.97. The van der Waals surface area contributed by atoms with Gasteiger partial charge in [-0.15, -0.1) is 0 Å². The van der Waals surface area contributed by atoms with Gasteiger partial charge in [-0.2, -0.15) is 0 Å². The first-order valence-corrected chi connectivity index (χ1v) is 6.81. The number of hydrogen-bond acceptors (Lipinski definition) is 1. The molecule has 5 heteroatoms. The van der Waals surface area contributed by atoms with E-state index >= 15 is 0 Å². The van der Waals surface area contributed by atoms with E-state index in [2.05, 4.69) is 56.6 Å². The average Bonchev–Trinajstić information content (AvgIpc) is 1.46. The molecule has 0 aliphatic carbocycles. The number of halogens is 2. The molecular formula is Cu2I2O. The molecule has 0 amide bonds. The van der Waals surface area contributed by atoms with E-state index < -0.39 is 0 Å². The van der Waals surface area contributed by atoms with E-state index in [-0.39, 0.29) is 0 Å². The van der Waals surface area contributed by atoms with Crippen molar-refractivity contribution in [3.8, 4) is 0 Å². The monoisotopic (exact) mass is 396 g/mol. The molecule has 0 saturated heterocycles. The zero-order chi connectivity index (χ0) is 4.71. The van der Waals surface area contributed by atoms with Gasteiger partial charge in [0, 0.05) is 0 Å². The fourth-order valence-electron chi connectivity index (χ4n) is 0. The van der Waals surface area contributed by atoms with Gasteiger partial charge in [0.15, 0.2) is 0 Å². The summed E-state index contributed by atoms with van der Waals surface area (Å²) in [6.07, 6.45) is 0. The van der Waals surface area contributed by atoms with Crippen LogP contribution in [0.15, 0.2) is 0 Å². The maximum atomic E-state index is 7.81. The summed E-state index contributed by atoms with van der Waals surface area (Å²) in [5, 5.41) is 0. The first-order chi connectivity index (χ1) is 2.41. The van der Waals surface area contributed by atoms with E-state index in [1.807, 2.05) is 0 Å². The molecular weight excluding hydrogens is 397 g/mol. The molecule has 0 radical (unpaired) electrons. The quantitative estimate of drug-likeness (QED) is 0.449. The first-order valence-electron chi connectivity index (χ1n) is 0.351. The van der Waals surface area contributed by atoms with Crippen LogP contribution in [0.3, 0.4) is 0 Å². The van der Waals surface area contributed by atoms with Crippen molar-refractivity contribution in [2.75, 3.05) is 0 Å². The topological polar surface area (TPSA) is 17.1 Å². The molecule has 0 aromatic heterocycles. The minimum atomic E-state index is 1.75. The Balaban J connectivity index is 0. The van der Waals surface area contributed by atoms with Crippen LogP contribution in [0.25, 0.3) is 0 Å². The van der Waals surface area contributed by atoms with E-state index in [9.17, 15) is 0 Å². The zero-order valence-electron chi connectivity index (χ0n) is 1.77. The third kappa shape index (κ3) is 22.0. The van der Waals surface area contributed by atoms with Crippen molar-refractivity contribution in [2.45, 2.75) is 0 Å². The van der Waals surface area contributed by atoms with Crippen molar-refractivity contribution in [1.82, 2.24) is 0 Å². The molecule has 0 heterocycles. The second kappa shape index (κ2) is 16.3. The van der Waals surface area contributed by atoms with E-state index in [0.29, 0.717) is 0 Å². The second-order valence-corrected chi connectivity index (χ2v) is 7.99. The summed E-state index contributed by atoms with van der Waals surface area (Å²) in [5.41, 5.74) is 0. The van der Waals surface area contributed by atoms with Crippen LogP contribution < -0.4 is 0 Å². The molecule has 0 N–H and O–H groups in total. The fourth-order valence-corrected chi connectivity index (χ4v) is 0. The van der Waals surface area contributed by atoms with Crippen LogP contribution in [0.5, 0.6) is 0 Å². The Bertz CT molecular complexity index is 11.6. The van der Waals surface area contributed by atoms with Gasteiger partial charge in [-0.05, 0) is 0 Å². The van der Waals surface area contributed by atoms with Gasteiger partial charge in [0.05, 0.1) is 0 Å². The summed E-state index contributed by atoms with van der Waals surface area (Å²) >= 11 is 7.30. The van der Waals surface area contributed by atoms with Crippen LogP contribution >= 0.6 is 40.7 Å². The molecule has 0 bridgehead atoms. The van der Waals surface area contributed by atoms with Gasteiger partial charge in [0.1, 0.15) is 0 Å². The molecule has 0 spiro atoms. The van der Waals surface area contributed by atoms with E-state index in [0.717, 1.165) is 0 Å². The summed E-state index contributed by atoms with van der Waals surface area (Å²) in [7, 11) is 1.75. The summed E-state index contributed by atoms with van der Waals surface area (Å²) in [5.74, 6) is 0. The van der Waals surface area contributed by atoms with Gasteiger partial charge in [-0.3, -0.25) is 0 Å². The van der Waals surface area contributed by atoms with E-state index in [1.165, 1.54) is 0 Å². The predicted molar refractivity (Wildman–Crippen MR) is 28.7 cm³/mol. The molecule has 5 heavy (non-hydrogen) atoms. The average molecular weight is 397 g/mol. The van der Waals surface area contributed by atoms with Gasteiger partial charge in [-0.1, -0.05) is 0 Å². The van der Waals surface area contributed by atoms with Gasteiger partial charge < -0.3 is 0 Å². The molecule has 42 valence electrons. The molecule has 0 fully saturated rings. The van der Waals surface area contributed by atoms with Crippen LogP contribution in [-0.4, -0.2) is 0 Å². The van der Waals surface area contributed by atoms with Crippen molar-refractivity contribution in [1.29, 1.82) is 0 Å². The SMILES string of the molecule is [I][Cu][I].[O]=[Cu]. The van der Waals surface area contributed by atoms with Crippen molar-refractivity contribution in [3.63, 3.8) is 0 Å². The first kappa shape index (κ1) is 10.3. The minimum absolute atomic E-state index is 1.75. The summed E-state index contributed by atoms with van der Waals surface area (Å²) in [6.45, 7) is 0. The van der Waals surface area contributed by atoms with E-state index in [1.54, 1.807) is 8.46 Å². The van der Waals surface area contributed by atoms with Crippen molar-refractivity contribution < 1.29 is 28.2 Å². The van der Waals surface area contributed by atoms with Crippen LogP contribution in [0.1, 0.15) is 0 Å². The Hall–Kier alpha value is 2.30. The normalized spacial score (nSPS) is 5.60. The van der Waals surface area contributed by atoms with Crippen LogP contribution in [0.2, 0.25) is 0 Å². The predicted octanol–water partition coefficient (Wildman–Crippen LogP) is 1.65. The van der Waals surface area contributed by atoms with Gasteiger partial charge >= 0.3 is 68.9 Å². The third-order valence-electron chi connectivity index (χ3n) is 0. The molecule has 0 aliphatic heterocycles. The molecule has 0 rings (SSSR count). The maximum absolute atomic E-state index is 7.81. The van der Waals surface area contributed by atoms with Crippen molar-refractivity contribution >= 4 is 40.7 Å². The summed E-state index contributed by atoms with van der Waals surface area (Å²) < 4.78 is 7.81. The molecule has 0 atom stereocenters. The Morgan fingerprint density at radius 3 is 1.40 bits per heavy atom. The van der Waals surface area contributed by atoms with Crippen LogP contribution in [0.4, 0.5) is 0 Å². The third-order valence-corrected chi connectivity index (χ3v) is 0. The second-order valence-electron chi connectivity index (χ2n) is 0.0431. The molecule has 0 aromatic carbocycles. The van der Waals surface area contributed by atoms with E-state index in [4.69, 9.17) is 3.83 Å². The molecule has 0 saturated carbocycles. The van der Waals surface area contributed by atoms with Crippen molar-refractivity contribution in [3.05, 3.63) is 0 Å². The molecule has 0 unspecified atom stereocenters. The Morgan fingerprint density at radius 1 is 1.40 bits per heavy atom.